The highest BCUT2D eigenvalue weighted by atomic mass is 19.4. The van der Waals surface area contributed by atoms with Crippen molar-refractivity contribution in [1.29, 1.82) is 0 Å². The Morgan fingerprint density at radius 2 is 2.14 bits per heavy atom. The fraction of sp³-hybridized carbons (Fsp3) is 0.417. The third kappa shape index (κ3) is 5.37. The predicted octanol–water partition coefficient (Wildman–Crippen LogP) is 0.564. The second kappa shape index (κ2) is 7.44. The standard InChI is InChI=1S/C12H15BF3NO4/c1-21-13-17-9(10(18)11(19)20)6-7-3-2-4-8(5-7)12(14,15)16/h2-5,9-10,13,17-18H,6H2,1H3,(H,19,20). The Balaban J connectivity index is 2.90. The molecular weight excluding hydrogens is 290 g/mol. The van der Waals surface area contributed by atoms with Crippen LogP contribution in [-0.2, 0) is 22.0 Å². The highest BCUT2D eigenvalue weighted by Gasteiger charge is 2.31. The fourth-order valence-corrected chi connectivity index (χ4v) is 1.79. The van der Waals surface area contributed by atoms with Crippen molar-refractivity contribution in [1.82, 2.24) is 5.23 Å². The van der Waals surface area contributed by atoms with E-state index in [0.29, 0.717) is 0 Å². The molecule has 3 N–H and O–H groups in total. The molecular formula is C12H15BF3NO4. The van der Waals surface area contributed by atoms with E-state index in [1.165, 1.54) is 19.2 Å². The van der Waals surface area contributed by atoms with Crippen molar-refractivity contribution in [2.24, 2.45) is 0 Å². The van der Waals surface area contributed by atoms with Crippen LogP contribution in [0.2, 0.25) is 0 Å². The minimum atomic E-state index is -4.48. The van der Waals surface area contributed by atoms with Gasteiger partial charge in [0.1, 0.15) is 0 Å². The molecule has 2 atom stereocenters. The number of carbonyl (C=O) groups is 1. The van der Waals surface area contributed by atoms with E-state index in [2.05, 4.69) is 5.23 Å². The van der Waals surface area contributed by atoms with Crippen LogP contribution in [0.25, 0.3) is 0 Å². The Bertz CT molecular complexity index is 484. The first-order valence-corrected chi connectivity index (χ1v) is 6.05. The van der Waals surface area contributed by atoms with E-state index in [0.717, 1.165) is 12.1 Å². The van der Waals surface area contributed by atoms with Crippen LogP contribution in [0, 0.1) is 0 Å². The molecule has 2 unspecified atom stereocenters. The van der Waals surface area contributed by atoms with Gasteiger partial charge in [-0.25, -0.2) is 4.79 Å². The van der Waals surface area contributed by atoms with Crippen LogP contribution in [0.5, 0.6) is 0 Å². The Kier molecular flexibility index (Phi) is 6.19. The van der Waals surface area contributed by atoms with Crippen molar-refractivity contribution < 1.29 is 32.8 Å². The maximum atomic E-state index is 12.6. The number of hydrogen-bond donors (Lipinski definition) is 3. The van der Waals surface area contributed by atoms with E-state index in [1.54, 1.807) is 0 Å². The Morgan fingerprint density at radius 1 is 1.48 bits per heavy atom. The first kappa shape index (κ1) is 17.5. The molecule has 1 aromatic carbocycles. The molecule has 0 aromatic heterocycles. The molecule has 0 heterocycles. The van der Waals surface area contributed by atoms with Crippen LogP contribution in [0.4, 0.5) is 13.2 Å². The predicted molar refractivity (Wildman–Crippen MR) is 69.9 cm³/mol. The zero-order valence-corrected chi connectivity index (χ0v) is 11.2. The van der Waals surface area contributed by atoms with E-state index in [4.69, 9.17) is 9.76 Å². The number of aliphatic hydroxyl groups excluding tert-OH is 1. The van der Waals surface area contributed by atoms with Gasteiger partial charge in [0.2, 0.25) is 0 Å². The van der Waals surface area contributed by atoms with Gasteiger partial charge in [-0.1, -0.05) is 18.2 Å². The van der Waals surface area contributed by atoms with Crippen LogP contribution < -0.4 is 5.23 Å². The van der Waals surface area contributed by atoms with Gasteiger partial charge in [0.25, 0.3) is 0 Å². The first-order chi connectivity index (χ1) is 9.75. The van der Waals surface area contributed by atoms with Gasteiger partial charge in [-0.2, -0.15) is 13.2 Å². The summed E-state index contributed by atoms with van der Waals surface area (Å²) in [6.45, 7) is 0. The molecule has 0 spiro atoms. The summed E-state index contributed by atoms with van der Waals surface area (Å²) in [7, 11) is 1.33. The molecule has 0 amide bonds. The lowest BCUT2D eigenvalue weighted by atomic mass is 9.97. The van der Waals surface area contributed by atoms with Crippen LogP contribution in [0.15, 0.2) is 24.3 Å². The van der Waals surface area contributed by atoms with Crippen LogP contribution in [-0.4, -0.2) is 43.1 Å². The van der Waals surface area contributed by atoms with Crippen molar-refractivity contribution in [2.45, 2.75) is 24.7 Å². The number of carboxylic acids is 1. The molecule has 0 bridgehead atoms. The summed E-state index contributed by atoms with van der Waals surface area (Å²) < 4.78 is 42.6. The zero-order valence-electron chi connectivity index (χ0n) is 11.2. The molecule has 1 aromatic rings. The average Bonchev–Trinajstić information content (AvgIpc) is 2.42. The lowest BCUT2D eigenvalue weighted by Gasteiger charge is -2.21. The molecule has 0 radical (unpaired) electrons. The molecule has 21 heavy (non-hydrogen) atoms. The van der Waals surface area contributed by atoms with Gasteiger partial charge in [-0.3, -0.25) is 0 Å². The van der Waals surface area contributed by atoms with Crippen LogP contribution >= 0.6 is 0 Å². The SMILES string of the molecule is COBNC(Cc1cccc(C(F)(F)F)c1)C(O)C(=O)O. The molecule has 0 saturated carbocycles. The minimum Gasteiger partial charge on any atom is -0.479 e. The van der Waals surface area contributed by atoms with Gasteiger partial charge in [0, 0.05) is 13.2 Å². The van der Waals surface area contributed by atoms with E-state index < -0.39 is 29.9 Å². The highest BCUT2D eigenvalue weighted by molar-refractivity contribution is 6.23. The molecule has 0 aliphatic rings. The minimum absolute atomic E-state index is 0.0338. The maximum absolute atomic E-state index is 12.6. The molecule has 116 valence electrons. The van der Waals surface area contributed by atoms with Crippen molar-refractivity contribution in [3.05, 3.63) is 35.4 Å². The summed E-state index contributed by atoms with van der Waals surface area (Å²) >= 11 is 0. The van der Waals surface area contributed by atoms with Gasteiger partial charge in [0.15, 0.2) is 6.10 Å². The van der Waals surface area contributed by atoms with Gasteiger partial charge in [0.05, 0.1) is 5.56 Å². The molecule has 5 nitrogen and oxygen atoms in total. The van der Waals surface area contributed by atoms with Crippen LogP contribution in [0.1, 0.15) is 11.1 Å². The van der Waals surface area contributed by atoms with E-state index >= 15 is 0 Å². The van der Waals surface area contributed by atoms with Crippen LogP contribution in [0.3, 0.4) is 0 Å². The maximum Gasteiger partial charge on any atom is 0.416 e. The fourth-order valence-electron chi connectivity index (χ4n) is 1.79. The number of rotatable bonds is 7. The summed E-state index contributed by atoms with van der Waals surface area (Å²) in [4.78, 5) is 10.8. The molecule has 0 saturated heterocycles. The topological polar surface area (TPSA) is 78.8 Å². The summed E-state index contributed by atoms with van der Waals surface area (Å²) in [6, 6.07) is 3.56. The van der Waals surface area contributed by atoms with Gasteiger partial charge < -0.3 is 20.1 Å². The third-order valence-corrected chi connectivity index (χ3v) is 2.83. The summed E-state index contributed by atoms with van der Waals surface area (Å²) in [5.41, 5.74) is -0.561. The summed E-state index contributed by atoms with van der Waals surface area (Å²) in [6.07, 6.45) is -6.31. The number of alkyl halides is 3. The second-order valence-electron chi connectivity index (χ2n) is 4.43. The summed E-state index contributed by atoms with van der Waals surface area (Å²) in [5, 5.41) is 21.0. The molecule has 0 aliphatic carbocycles. The van der Waals surface area contributed by atoms with Crippen molar-refractivity contribution >= 4 is 13.6 Å². The van der Waals surface area contributed by atoms with E-state index in [1.807, 2.05) is 0 Å². The summed E-state index contributed by atoms with van der Waals surface area (Å²) in [5.74, 6) is -1.46. The Labute approximate surface area is 120 Å². The van der Waals surface area contributed by atoms with E-state index in [9.17, 15) is 23.1 Å². The first-order valence-electron chi connectivity index (χ1n) is 6.05. The number of aliphatic hydroxyl groups is 1. The monoisotopic (exact) mass is 305 g/mol. The normalized spacial score (nSPS) is 14.5. The molecule has 1 rings (SSSR count). The van der Waals surface area contributed by atoms with Crippen molar-refractivity contribution in [3.63, 3.8) is 0 Å². The second-order valence-corrected chi connectivity index (χ2v) is 4.43. The van der Waals surface area contributed by atoms with E-state index in [-0.39, 0.29) is 19.6 Å². The Hall–Kier alpha value is -1.58. The number of hydrogen-bond acceptors (Lipinski definition) is 4. The van der Waals surface area contributed by atoms with Gasteiger partial charge in [-0.15, -0.1) is 0 Å². The Morgan fingerprint density at radius 3 is 2.67 bits per heavy atom. The molecule has 0 fully saturated rings. The highest BCUT2D eigenvalue weighted by Crippen LogP contribution is 2.29. The van der Waals surface area contributed by atoms with Crippen molar-refractivity contribution in [2.75, 3.05) is 7.11 Å². The molecule has 0 aliphatic heterocycles. The third-order valence-electron chi connectivity index (χ3n) is 2.83. The largest absolute Gasteiger partial charge is 0.479 e. The lowest BCUT2D eigenvalue weighted by Crippen LogP contribution is -2.47. The average molecular weight is 305 g/mol. The lowest BCUT2D eigenvalue weighted by molar-refractivity contribution is -0.148. The molecule has 9 heteroatoms. The van der Waals surface area contributed by atoms with Gasteiger partial charge in [-0.05, 0) is 18.1 Å². The number of carboxylic acid groups (broad SMARTS) is 1. The number of aliphatic carboxylic acids is 1. The zero-order chi connectivity index (χ0) is 16.0. The smallest absolute Gasteiger partial charge is 0.416 e. The number of nitrogens with one attached hydrogen (secondary N) is 1. The number of halogens is 3. The van der Waals surface area contributed by atoms with Gasteiger partial charge >= 0.3 is 19.8 Å². The quantitative estimate of drug-likeness (QED) is 0.642. The number of benzene rings is 1. The van der Waals surface area contributed by atoms with Crippen molar-refractivity contribution in [3.8, 4) is 0 Å².